The van der Waals surface area contributed by atoms with E-state index in [2.05, 4.69) is 10.3 Å². The number of nitrogen functional groups attached to an aromatic ring is 1. The van der Waals surface area contributed by atoms with Crippen molar-refractivity contribution in [3.05, 3.63) is 12.0 Å². The molecule has 0 radical (unpaired) electrons. The number of carbonyl (C=O) groups is 2. The molecule has 0 saturated carbocycles. The van der Waals surface area contributed by atoms with E-state index in [0.29, 0.717) is 12.4 Å². The van der Waals surface area contributed by atoms with Crippen LogP contribution in [0, 0.1) is 5.92 Å². The molecule has 1 aromatic heterocycles. The van der Waals surface area contributed by atoms with E-state index in [0.717, 1.165) is 0 Å². The van der Waals surface area contributed by atoms with Crippen LogP contribution in [0.2, 0.25) is 0 Å². The van der Waals surface area contributed by atoms with E-state index in [4.69, 9.17) is 10.5 Å². The summed E-state index contributed by atoms with van der Waals surface area (Å²) in [5.41, 5.74) is 5.09. The van der Waals surface area contributed by atoms with Crippen LogP contribution in [0.15, 0.2) is 6.20 Å². The van der Waals surface area contributed by atoms with Gasteiger partial charge in [0.2, 0.25) is 0 Å². The third-order valence-corrected chi connectivity index (χ3v) is 3.49. The van der Waals surface area contributed by atoms with E-state index in [1.54, 1.807) is 27.8 Å². The normalized spacial score (nSPS) is 21.2. The maximum Gasteiger partial charge on any atom is 0.411 e. The molecule has 0 aliphatic carbocycles. The Labute approximate surface area is 129 Å². The number of imidazole rings is 1. The molecule has 3 N–H and O–H groups in total. The molecule has 1 fully saturated rings. The number of hydrogen-bond donors (Lipinski definition) is 2. The maximum atomic E-state index is 12.3. The summed E-state index contributed by atoms with van der Waals surface area (Å²) in [5, 5.41) is 2.80. The average molecular weight is 309 g/mol. The first-order chi connectivity index (χ1) is 10.1. The molecule has 0 spiro atoms. The number of amides is 2. The number of anilines is 1. The van der Waals surface area contributed by atoms with Gasteiger partial charge in [-0.3, -0.25) is 9.69 Å². The van der Waals surface area contributed by atoms with Crippen LogP contribution in [0.4, 0.5) is 10.6 Å². The summed E-state index contributed by atoms with van der Waals surface area (Å²) in [5.74, 6) is 0.384. The number of hydrogen-bond acceptors (Lipinski definition) is 5. The van der Waals surface area contributed by atoms with Gasteiger partial charge in [0, 0.05) is 19.5 Å². The first-order valence-corrected chi connectivity index (χ1v) is 7.18. The van der Waals surface area contributed by atoms with E-state index in [1.165, 1.54) is 15.7 Å². The molecule has 2 atom stereocenters. The van der Waals surface area contributed by atoms with Crippen molar-refractivity contribution in [1.29, 1.82) is 0 Å². The predicted octanol–water partition coefficient (Wildman–Crippen LogP) is 0.945. The van der Waals surface area contributed by atoms with E-state index in [9.17, 15) is 9.59 Å². The van der Waals surface area contributed by atoms with E-state index in [-0.39, 0.29) is 17.6 Å². The number of aromatic nitrogens is 2. The number of rotatable bonds is 2. The Morgan fingerprint density at radius 3 is 2.55 bits per heavy atom. The Morgan fingerprint density at radius 2 is 2.09 bits per heavy atom. The fourth-order valence-corrected chi connectivity index (χ4v) is 2.25. The first-order valence-electron chi connectivity index (χ1n) is 7.18. The standard InChI is InChI=1S/C14H23N5O3/c1-8-7-19(13(21)22-14(2,3)4)10(8)17-12(20)11-16-6-9(15)18(11)5/h6,8,10H,7,15H2,1-5H3,(H,17,20). The molecule has 2 rings (SSSR count). The SMILES string of the molecule is CC1CN(C(=O)OC(C)(C)C)C1NC(=O)c1ncc(N)n1C. The van der Waals surface area contributed by atoms with Crippen molar-refractivity contribution in [2.75, 3.05) is 12.3 Å². The molecule has 22 heavy (non-hydrogen) atoms. The molecule has 8 nitrogen and oxygen atoms in total. The van der Waals surface area contributed by atoms with Crippen molar-refractivity contribution in [3.8, 4) is 0 Å². The van der Waals surface area contributed by atoms with Gasteiger partial charge in [0.25, 0.3) is 5.91 Å². The van der Waals surface area contributed by atoms with Gasteiger partial charge in [-0.2, -0.15) is 0 Å². The quantitative estimate of drug-likeness (QED) is 0.846. The number of carbonyl (C=O) groups excluding carboxylic acids is 2. The van der Waals surface area contributed by atoms with Crippen molar-refractivity contribution in [2.24, 2.45) is 13.0 Å². The zero-order valence-electron chi connectivity index (χ0n) is 13.6. The monoisotopic (exact) mass is 309 g/mol. The molecule has 1 aliphatic rings. The van der Waals surface area contributed by atoms with Crippen molar-refractivity contribution in [2.45, 2.75) is 39.5 Å². The van der Waals surface area contributed by atoms with Gasteiger partial charge in [-0.25, -0.2) is 9.78 Å². The van der Waals surface area contributed by atoms with Gasteiger partial charge in [0.1, 0.15) is 17.6 Å². The molecule has 8 heteroatoms. The summed E-state index contributed by atoms with van der Waals surface area (Å²) >= 11 is 0. The molecule has 122 valence electrons. The fourth-order valence-electron chi connectivity index (χ4n) is 2.25. The van der Waals surface area contributed by atoms with Crippen molar-refractivity contribution in [1.82, 2.24) is 19.8 Å². The number of nitrogens with one attached hydrogen (secondary N) is 1. The van der Waals surface area contributed by atoms with Gasteiger partial charge < -0.3 is 20.4 Å². The van der Waals surface area contributed by atoms with E-state index in [1.807, 2.05) is 6.92 Å². The van der Waals surface area contributed by atoms with Crippen LogP contribution in [0.5, 0.6) is 0 Å². The van der Waals surface area contributed by atoms with Crippen LogP contribution in [-0.2, 0) is 11.8 Å². The third-order valence-electron chi connectivity index (χ3n) is 3.49. The third kappa shape index (κ3) is 3.15. The summed E-state index contributed by atoms with van der Waals surface area (Å²) in [4.78, 5) is 29.8. The minimum atomic E-state index is -0.571. The maximum absolute atomic E-state index is 12.3. The lowest BCUT2D eigenvalue weighted by Gasteiger charge is -2.46. The highest BCUT2D eigenvalue weighted by Gasteiger charge is 2.42. The second kappa shape index (κ2) is 5.51. The Kier molecular flexibility index (Phi) is 4.04. The number of likely N-dealkylation sites (tertiary alicyclic amines) is 1. The fraction of sp³-hybridized carbons (Fsp3) is 0.643. The van der Waals surface area contributed by atoms with Gasteiger partial charge in [-0.1, -0.05) is 6.92 Å². The Bertz CT molecular complexity index is 590. The van der Waals surface area contributed by atoms with E-state index >= 15 is 0 Å². The smallest absolute Gasteiger partial charge is 0.411 e. The molecule has 2 amide bonds. The minimum Gasteiger partial charge on any atom is -0.444 e. The highest BCUT2D eigenvalue weighted by Crippen LogP contribution is 2.25. The zero-order valence-corrected chi connectivity index (χ0v) is 13.6. The van der Waals surface area contributed by atoms with Gasteiger partial charge in [-0.05, 0) is 20.8 Å². The van der Waals surface area contributed by atoms with Gasteiger partial charge in [0.05, 0.1) is 6.20 Å². The van der Waals surface area contributed by atoms with E-state index < -0.39 is 17.9 Å². The van der Waals surface area contributed by atoms with Crippen LogP contribution in [-0.4, -0.2) is 44.8 Å². The lowest BCUT2D eigenvalue weighted by atomic mass is 9.98. The van der Waals surface area contributed by atoms with Gasteiger partial charge in [0.15, 0.2) is 5.82 Å². The summed E-state index contributed by atoms with van der Waals surface area (Å²) in [6, 6.07) is 0. The van der Waals surface area contributed by atoms with Crippen LogP contribution in [0.1, 0.15) is 38.3 Å². The molecule has 1 aromatic rings. The molecule has 2 unspecified atom stereocenters. The Balaban J connectivity index is 2.03. The van der Waals surface area contributed by atoms with Crippen molar-refractivity contribution >= 4 is 17.8 Å². The molecular formula is C14H23N5O3. The number of nitrogens with zero attached hydrogens (tertiary/aromatic N) is 3. The molecule has 2 heterocycles. The van der Waals surface area contributed by atoms with Crippen LogP contribution in [0.3, 0.4) is 0 Å². The number of ether oxygens (including phenoxy) is 1. The summed E-state index contributed by atoms with van der Waals surface area (Å²) < 4.78 is 6.83. The lowest BCUT2D eigenvalue weighted by Crippen LogP contribution is -2.65. The van der Waals surface area contributed by atoms with Gasteiger partial charge in [-0.15, -0.1) is 0 Å². The second-order valence-corrected chi connectivity index (χ2v) is 6.59. The largest absolute Gasteiger partial charge is 0.444 e. The predicted molar refractivity (Wildman–Crippen MR) is 81.0 cm³/mol. The zero-order chi connectivity index (χ0) is 16.7. The molecule has 1 saturated heterocycles. The highest BCUT2D eigenvalue weighted by molar-refractivity contribution is 5.92. The van der Waals surface area contributed by atoms with Crippen LogP contribution in [0.25, 0.3) is 0 Å². The molecule has 0 aromatic carbocycles. The Morgan fingerprint density at radius 1 is 1.45 bits per heavy atom. The minimum absolute atomic E-state index is 0.147. The highest BCUT2D eigenvalue weighted by atomic mass is 16.6. The van der Waals surface area contributed by atoms with Gasteiger partial charge >= 0.3 is 6.09 Å². The molecule has 1 aliphatic heterocycles. The summed E-state index contributed by atoms with van der Waals surface area (Å²) in [6.07, 6.45) is 0.584. The van der Waals surface area contributed by atoms with Crippen LogP contribution >= 0.6 is 0 Å². The summed E-state index contributed by atoms with van der Waals surface area (Å²) in [7, 11) is 1.66. The molecule has 0 bridgehead atoms. The summed E-state index contributed by atoms with van der Waals surface area (Å²) in [6.45, 7) is 7.91. The second-order valence-electron chi connectivity index (χ2n) is 6.59. The number of nitrogens with two attached hydrogens (primary N) is 1. The first kappa shape index (κ1) is 16.1. The van der Waals surface area contributed by atoms with Crippen molar-refractivity contribution in [3.63, 3.8) is 0 Å². The molecular weight excluding hydrogens is 286 g/mol. The Hall–Kier alpha value is -2.25. The van der Waals surface area contributed by atoms with Crippen molar-refractivity contribution < 1.29 is 14.3 Å². The average Bonchev–Trinajstić information content (AvgIpc) is 2.71. The lowest BCUT2D eigenvalue weighted by molar-refractivity contribution is -0.0333. The topological polar surface area (TPSA) is 102 Å². The van der Waals surface area contributed by atoms with Crippen LogP contribution < -0.4 is 11.1 Å².